The Morgan fingerprint density at radius 3 is 2.64 bits per heavy atom. The molecule has 0 aliphatic rings. The summed E-state index contributed by atoms with van der Waals surface area (Å²) in [4.78, 5) is 3.80. The molecule has 1 N–H and O–H groups in total. The lowest BCUT2D eigenvalue weighted by molar-refractivity contribution is 0.145. The van der Waals surface area contributed by atoms with Crippen LogP contribution in [0, 0.1) is 6.92 Å². The molecule has 1 aromatic heterocycles. The third-order valence-electron chi connectivity index (χ3n) is 1.99. The van der Waals surface area contributed by atoms with Gasteiger partial charge in [-0.25, -0.2) is 13.8 Å². The van der Waals surface area contributed by atoms with Gasteiger partial charge in [-0.05, 0) is 6.92 Å². The Morgan fingerprint density at radius 1 is 1.57 bits per heavy atom. The molecule has 1 heterocycles. The quantitative estimate of drug-likeness (QED) is 0.814. The largest absolute Gasteiger partial charge is 0.481 e. The van der Waals surface area contributed by atoms with E-state index in [0.29, 0.717) is 0 Å². The minimum atomic E-state index is -2.63. The first-order valence-electron chi connectivity index (χ1n) is 4.03. The van der Waals surface area contributed by atoms with Crippen molar-refractivity contribution in [1.82, 2.24) is 4.98 Å². The minimum absolute atomic E-state index is 0.137. The third kappa shape index (κ3) is 1.82. The molecular weight excluding hydrogens is 192 g/mol. The smallest absolute Gasteiger partial charge is 0.264 e. The second-order valence-electron chi connectivity index (χ2n) is 2.79. The van der Waals surface area contributed by atoms with E-state index in [1.165, 1.54) is 20.2 Å². The van der Waals surface area contributed by atoms with Gasteiger partial charge >= 0.3 is 0 Å². The molecule has 0 spiro atoms. The molecule has 1 aromatic rings. The molecule has 5 heteroatoms. The van der Waals surface area contributed by atoms with Gasteiger partial charge in [0.2, 0.25) is 5.88 Å². The van der Waals surface area contributed by atoms with Gasteiger partial charge in [0, 0.05) is 22.9 Å². The van der Waals surface area contributed by atoms with E-state index < -0.39 is 13.0 Å². The second-order valence-corrected chi connectivity index (χ2v) is 2.79. The maximum Gasteiger partial charge on any atom is 0.264 e. The summed E-state index contributed by atoms with van der Waals surface area (Å²) < 4.78 is 30.0. The fourth-order valence-electron chi connectivity index (χ4n) is 1.29. The number of ether oxygens (including phenoxy) is 1. The SMILES string of the molecule is COc1ncc(CO)c(C(F)F)c1C. The standard InChI is InChI=1S/C9H11F2NO2/c1-5-7(8(10)11)6(4-13)3-12-9(5)14-2/h3,8,13H,4H2,1-2H3. The van der Waals surface area contributed by atoms with E-state index in [4.69, 9.17) is 9.84 Å². The summed E-state index contributed by atoms with van der Waals surface area (Å²) in [6.45, 7) is 1.05. The third-order valence-corrected chi connectivity index (χ3v) is 1.99. The number of aliphatic hydroxyl groups excluding tert-OH is 1. The summed E-state index contributed by atoms with van der Waals surface area (Å²) >= 11 is 0. The van der Waals surface area contributed by atoms with Crippen molar-refractivity contribution in [2.45, 2.75) is 20.0 Å². The fraction of sp³-hybridized carbons (Fsp3) is 0.444. The number of aliphatic hydroxyl groups is 1. The lowest BCUT2D eigenvalue weighted by atomic mass is 10.1. The maximum absolute atomic E-state index is 12.6. The van der Waals surface area contributed by atoms with Gasteiger partial charge in [-0.2, -0.15) is 0 Å². The lowest BCUT2D eigenvalue weighted by Gasteiger charge is -2.12. The molecule has 3 nitrogen and oxygen atoms in total. The van der Waals surface area contributed by atoms with Crippen LogP contribution in [0.4, 0.5) is 8.78 Å². The normalized spacial score (nSPS) is 10.7. The molecule has 0 aromatic carbocycles. The zero-order chi connectivity index (χ0) is 10.7. The molecule has 78 valence electrons. The first kappa shape index (κ1) is 10.8. The number of alkyl halides is 2. The zero-order valence-corrected chi connectivity index (χ0v) is 7.92. The molecule has 0 aliphatic carbocycles. The number of hydrogen-bond acceptors (Lipinski definition) is 3. The molecule has 14 heavy (non-hydrogen) atoms. The van der Waals surface area contributed by atoms with Crippen LogP contribution in [0.5, 0.6) is 5.88 Å². The summed E-state index contributed by atoms with van der Waals surface area (Å²) in [5, 5.41) is 8.84. The van der Waals surface area contributed by atoms with E-state index in [0.717, 1.165) is 0 Å². The lowest BCUT2D eigenvalue weighted by Crippen LogP contribution is -2.02. The van der Waals surface area contributed by atoms with Gasteiger partial charge in [0.25, 0.3) is 6.43 Å². The first-order chi connectivity index (χ1) is 6.61. The molecule has 0 saturated carbocycles. The number of hydrogen-bond donors (Lipinski definition) is 1. The summed E-state index contributed by atoms with van der Waals surface area (Å²) in [7, 11) is 1.36. The maximum atomic E-state index is 12.6. The van der Waals surface area contributed by atoms with Crippen LogP contribution in [0.2, 0.25) is 0 Å². The molecule has 0 fully saturated rings. The fourth-order valence-corrected chi connectivity index (χ4v) is 1.29. The second kappa shape index (κ2) is 4.32. The highest BCUT2D eigenvalue weighted by molar-refractivity contribution is 5.39. The van der Waals surface area contributed by atoms with E-state index in [1.807, 2.05) is 0 Å². The molecule has 0 saturated heterocycles. The van der Waals surface area contributed by atoms with E-state index in [9.17, 15) is 8.78 Å². The molecule has 0 aliphatic heterocycles. The van der Waals surface area contributed by atoms with Crippen molar-refractivity contribution in [3.05, 3.63) is 22.9 Å². The Labute approximate surface area is 80.3 Å². The van der Waals surface area contributed by atoms with Crippen LogP contribution in [-0.2, 0) is 6.61 Å². The number of rotatable bonds is 3. The van der Waals surface area contributed by atoms with E-state index >= 15 is 0 Å². The van der Waals surface area contributed by atoms with E-state index in [1.54, 1.807) is 0 Å². The van der Waals surface area contributed by atoms with Crippen LogP contribution in [0.15, 0.2) is 6.20 Å². The highest BCUT2D eigenvalue weighted by Gasteiger charge is 2.19. The van der Waals surface area contributed by atoms with Crippen molar-refractivity contribution in [2.75, 3.05) is 7.11 Å². The first-order valence-corrected chi connectivity index (χ1v) is 4.03. The zero-order valence-electron chi connectivity index (χ0n) is 7.92. The molecule has 0 amide bonds. The summed E-state index contributed by atoms with van der Waals surface area (Å²) in [6.07, 6.45) is -1.43. The number of halogens is 2. The van der Waals surface area contributed by atoms with Gasteiger partial charge in [-0.15, -0.1) is 0 Å². The molecule has 0 unspecified atom stereocenters. The van der Waals surface area contributed by atoms with Gasteiger partial charge in [-0.3, -0.25) is 0 Å². The number of nitrogens with zero attached hydrogens (tertiary/aromatic N) is 1. The highest BCUT2D eigenvalue weighted by Crippen LogP contribution is 2.30. The Kier molecular flexibility index (Phi) is 3.35. The van der Waals surface area contributed by atoms with Crippen LogP contribution < -0.4 is 4.74 Å². The Balaban J connectivity index is 3.31. The average Bonchev–Trinajstić information content (AvgIpc) is 2.16. The Hall–Kier alpha value is -1.23. The van der Waals surface area contributed by atoms with Crippen molar-refractivity contribution in [1.29, 1.82) is 0 Å². The molecule has 0 radical (unpaired) electrons. The van der Waals surface area contributed by atoms with Crippen molar-refractivity contribution >= 4 is 0 Å². The van der Waals surface area contributed by atoms with Crippen molar-refractivity contribution in [3.8, 4) is 5.88 Å². The van der Waals surface area contributed by atoms with Crippen LogP contribution in [-0.4, -0.2) is 17.2 Å². The molecule has 0 atom stereocenters. The van der Waals surface area contributed by atoms with Gasteiger partial charge in [0.05, 0.1) is 13.7 Å². The number of methoxy groups -OCH3 is 1. The molecule has 1 rings (SSSR count). The topological polar surface area (TPSA) is 42.4 Å². The van der Waals surface area contributed by atoms with Crippen molar-refractivity contribution < 1.29 is 18.6 Å². The van der Waals surface area contributed by atoms with Crippen LogP contribution >= 0.6 is 0 Å². The summed E-state index contributed by atoms with van der Waals surface area (Å²) in [6, 6.07) is 0. The number of pyridine rings is 1. The Bertz CT molecular complexity index is 329. The monoisotopic (exact) mass is 203 g/mol. The minimum Gasteiger partial charge on any atom is -0.481 e. The average molecular weight is 203 g/mol. The van der Waals surface area contributed by atoms with Gasteiger partial charge < -0.3 is 9.84 Å². The van der Waals surface area contributed by atoms with Crippen molar-refractivity contribution in [2.24, 2.45) is 0 Å². The summed E-state index contributed by atoms with van der Waals surface area (Å²) in [5.74, 6) is 0.164. The molecule has 0 bridgehead atoms. The molecular formula is C9H11F2NO2. The van der Waals surface area contributed by atoms with Gasteiger partial charge in [0.1, 0.15) is 0 Å². The predicted octanol–water partition coefficient (Wildman–Crippen LogP) is 1.83. The summed E-state index contributed by atoms with van der Waals surface area (Å²) in [5.41, 5.74) is 0.215. The highest BCUT2D eigenvalue weighted by atomic mass is 19.3. The van der Waals surface area contributed by atoms with Crippen LogP contribution in [0.25, 0.3) is 0 Å². The van der Waals surface area contributed by atoms with E-state index in [2.05, 4.69) is 4.98 Å². The van der Waals surface area contributed by atoms with E-state index in [-0.39, 0.29) is 22.6 Å². The van der Waals surface area contributed by atoms with Crippen LogP contribution in [0.3, 0.4) is 0 Å². The van der Waals surface area contributed by atoms with Gasteiger partial charge in [0.15, 0.2) is 0 Å². The predicted molar refractivity (Wildman–Crippen MR) is 46.4 cm³/mol. The Morgan fingerprint density at radius 2 is 2.21 bits per heavy atom. The van der Waals surface area contributed by atoms with Gasteiger partial charge in [-0.1, -0.05) is 0 Å². The van der Waals surface area contributed by atoms with Crippen molar-refractivity contribution in [3.63, 3.8) is 0 Å². The van der Waals surface area contributed by atoms with Crippen LogP contribution in [0.1, 0.15) is 23.1 Å². The number of aromatic nitrogens is 1.